The van der Waals surface area contributed by atoms with Crippen molar-refractivity contribution < 1.29 is 5.11 Å². The molecule has 0 spiro atoms. The number of benzene rings is 1. The van der Waals surface area contributed by atoms with Crippen molar-refractivity contribution in [1.82, 2.24) is 15.1 Å². The van der Waals surface area contributed by atoms with Crippen LogP contribution in [-0.2, 0) is 25.6 Å². The molecule has 1 aromatic carbocycles. The lowest BCUT2D eigenvalue weighted by atomic mass is 9.99. The van der Waals surface area contributed by atoms with E-state index < -0.39 is 5.60 Å². The van der Waals surface area contributed by atoms with Crippen LogP contribution in [0.4, 0.5) is 0 Å². The number of aliphatic hydroxyl groups is 1. The number of hydrogen-bond acceptors (Lipinski definition) is 3. The summed E-state index contributed by atoms with van der Waals surface area (Å²) in [6, 6.07) is 8.56. The smallest absolute Gasteiger partial charge is 0.102 e. The first-order chi connectivity index (χ1) is 9.51. The molecule has 0 amide bonds. The van der Waals surface area contributed by atoms with E-state index in [4.69, 9.17) is 0 Å². The van der Waals surface area contributed by atoms with Crippen LogP contribution in [0.1, 0.15) is 30.5 Å². The predicted octanol–water partition coefficient (Wildman–Crippen LogP) is 1.98. The summed E-state index contributed by atoms with van der Waals surface area (Å²) in [6.07, 6.45) is 4.61. The molecule has 0 bridgehead atoms. The van der Waals surface area contributed by atoms with E-state index in [1.807, 2.05) is 13.2 Å². The topological polar surface area (TPSA) is 50.1 Å². The van der Waals surface area contributed by atoms with E-state index in [2.05, 4.69) is 41.6 Å². The average Bonchev–Trinajstić information content (AvgIpc) is 2.87. The Labute approximate surface area is 120 Å². The summed E-state index contributed by atoms with van der Waals surface area (Å²) < 4.78 is 1.70. The minimum Gasteiger partial charge on any atom is -0.384 e. The van der Waals surface area contributed by atoms with Crippen molar-refractivity contribution >= 4 is 0 Å². The Bertz CT molecular complexity index is 543. The molecule has 4 heteroatoms. The van der Waals surface area contributed by atoms with Gasteiger partial charge in [-0.1, -0.05) is 31.2 Å². The van der Waals surface area contributed by atoms with Crippen molar-refractivity contribution in [2.45, 2.75) is 32.4 Å². The monoisotopic (exact) mass is 273 g/mol. The predicted molar refractivity (Wildman–Crippen MR) is 80.3 cm³/mol. The molecule has 0 aliphatic carbocycles. The van der Waals surface area contributed by atoms with E-state index in [0.29, 0.717) is 6.54 Å². The quantitative estimate of drug-likeness (QED) is 0.846. The fourth-order valence-electron chi connectivity index (χ4n) is 2.14. The van der Waals surface area contributed by atoms with Gasteiger partial charge in [-0.2, -0.15) is 5.10 Å². The average molecular weight is 273 g/mol. The first kappa shape index (κ1) is 14.8. The van der Waals surface area contributed by atoms with Crippen LogP contribution in [0, 0.1) is 0 Å². The lowest BCUT2D eigenvalue weighted by molar-refractivity contribution is 0.0566. The molecule has 0 aliphatic heterocycles. The molecule has 1 unspecified atom stereocenters. The summed E-state index contributed by atoms with van der Waals surface area (Å²) in [6.45, 7) is 5.20. The number of nitrogens with zero attached hydrogens (tertiary/aromatic N) is 2. The molecule has 1 heterocycles. The molecule has 0 radical (unpaired) electrons. The molecule has 2 N–H and O–H groups in total. The lowest BCUT2D eigenvalue weighted by Gasteiger charge is -2.22. The fraction of sp³-hybridized carbons (Fsp3) is 0.438. The van der Waals surface area contributed by atoms with Gasteiger partial charge in [0.15, 0.2) is 0 Å². The molecule has 0 saturated heterocycles. The minimum atomic E-state index is -0.905. The van der Waals surface area contributed by atoms with Gasteiger partial charge >= 0.3 is 0 Å². The van der Waals surface area contributed by atoms with E-state index in [0.717, 1.165) is 18.5 Å². The Morgan fingerprint density at radius 1 is 1.25 bits per heavy atom. The third-order valence-corrected chi connectivity index (χ3v) is 3.56. The second-order valence-corrected chi connectivity index (χ2v) is 5.45. The van der Waals surface area contributed by atoms with Gasteiger partial charge in [0.1, 0.15) is 5.60 Å². The van der Waals surface area contributed by atoms with Crippen molar-refractivity contribution in [2.75, 3.05) is 6.54 Å². The van der Waals surface area contributed by atoms with Gasteiger partial charge in [0.05, 0.1) is 6.20 Å². The van der Waals surface area contributed by atoms with Gasteiger partial charge in [0.2, 0.25) is 0 Å². The number of hydrogen-bond donors (Lipinski definition) is 2. The van der Waals surface area contributed by atoms with E-state index in [9.17, 15) is 5.11 Å². The van der Waals surface area contributed by atoms with Gasteiger partial charge in [-0.15, -0.1) is 0 Å². The molecule has 20 heavy (non-hydrogen) atoms. The van der Waals surface area contributed by atoms with E-state index >= 15 is 0 Å². The summed E-state index contributed by atoms with van der Waals surface area (Å²) in [5, 5.41) is 17.8. The highest BCUT2D eigenvalue weighted by Crippen LogP contribution is 2.18. The zero-order valence-electron chi connectivity index (χ0n) is 12.4. The molecule has 1 atom stereocenters. The maximum Gasteiger partial charge on any atom is 0.102 e. The summed E-state index contributed by atoms with van der Waals surface area (Å²) >= 11 is 0. The van der Waals surface area contributed by atoms with Crippen molar-refractivity contribution in [3.8, 4) is 0 Å². The van der Waals surface area contributed by atoms with Gasteiger partial charge in [0.25, 0.3) is 0 Å². The Morgan fingerprint density at radius 2 is 1.90 bits per heavy atom. The first-order valence-corrected chi connectivity index (χ1v) is 7.01. The molecule has 108 valence electrons. The maximum atomic E-state index is 10.4. The Morgan fingerprint density at radius 3 is 2.45 bits per heavy atom. The zero-order valence-corrected chi connectivity index (χ0v) is 12.4. The van der Waals surface area contributed by atoms with E-state index in [1.165, 1.54) is 11.1 Å². The zero-order chi connectivity index (χ0) is 14.6. The highest BCUT2D eigenvalue weighted by Gasteiger charge is 2.23. The Hall–Kier alpha value is -1.65. The summed E-state index contributed by atoms with van der Waals surface area (Å²) in [7, 11) is 1.85. The Balaban J connectivity index is 1.88. The first-order valence-electron chi connectivity index (χ1n) is 7.01. The van der Waals surface area contributed by atoms with Gasteiger partial charge < -0.3 is 10.4 Å². The van der Waals surface area contributed by atoms with Crippen molar-refractivity contribution in [2.24, 2.45) is 7.05 Å². The van der Waals surface area contributed by atoms with Crippen LogP contribution in [0.2, 0.25) is 0 Å². The summed E-state index contributed by atoms with van der Waals surface area (Å²) in [5.74, 6) is 0. The minimum absolute atomic E-state index is 0.494. The number of nitrogens with one attached hydrogen (secondary N) is 1. The van der Waals surface area contributed by atoms with Crippen molar-refractivity contribution in [1.29, 1.82) is 0 Å². The molecular weight excluding hydrogens is 250 g/mol. The van der Waals surface area contributed by atoms with Crippen LogP contribution in [0.15, 0.2) is 36.7 Å². The fourth-order valence-corrected chi connectivity index (χ4v) is 2.14. The molecular formula is C16H23N3O. The van der Waals surface area contributed by atoms with Crippen LogP contribution in [-0.4, -0.2) is 21.4 Å². The normalized spacial score (nSPS) is 14.2. The van der Waals surface area contributed by atoms with Crippen LogP contribution < -0.4 is 5.32 Å². The highest BCUT2D eigenvalue weighted by molar-refractivity contribution is 5.22. The number of aromatic nitrogens is 2. The molecule has 0 aliphatic rings. The van der Waals surface area contributed by atoms with Gasteiger partial charge in [-0.3, -0.25) is 4.68 Å². The number of rotatable bonds is 6. The largest absolute Gasteiger partial charge is 0.384 e. The molecule has 2 aromatic rings. The summed E-state index contributed by atoms with van der Waals surface area (Å²) in [5.41, 5.74) is 2.49. The van der Waals surface area contributed by atoms with Crippen LogP contribution in [0.3, 0.4) is 0 Å². The van der Waals surface area contributed by atoms with Gasteiger partial charge in [-0.25, -0.2) is 0 Å². The third kappa shape index (κ3) is 3.68. The Kier molecular flexibility index (Phi) is 4.57. The lowest BCUT2D eigenvalue weighted by Crippen LogP contribution is -2.34. The van der Waals surface area contributed by atoms with E-state index in [-0.39, 0.29) is 0 Å². The molecule has 1 aromatic heterocycles. The van der Waals surface area contributed by atoms with Gasteiger partial charge in [0, 0.05) is 31.9 Å². The highest BCUT2D eigenvalue weighted by atomic mass is 16.3. The second kappa shape index (κ2) is 6.20. The number of aryl methyl sites for hydroxylation is 2. The van der Waals surface area contributed by atoms with Crippen LogP contribution in [0.5, 0.6) is 0 Å². The molecule has 4 nitrogen and oxygen atoms in total. The van der Waals surface area contributed by atoms with Crippen molar-refractivity contribution in [3.05, 3.63) is 53.3 Å². The summed E-state index contributed by atoms with van der Waals surface area (Å²) in [4.78, 5) is 0. The standard InChI is InChI=1S/C16H23N3O/c1-4-13-5-7-14(8-6-13)9-17-12-16(2,20)15-10-18-19(3)11-15/h5-8,10-11,17,20H,4,9,12H2,1-3H3. The molecule has 0 fully saturated rings. The third-order valence-electron chi connectivity index (χ3n) is 3.56. The SMILES string of the molecule is CCc1ccc(CNCC(C)(O)c2cnn(C)c2)cc1. The van der Waals surface area contributed by atoms with Gasteiger partial charge in [-0.05, 0) is 24.5 Å². The van der Waals surface area contributed by atoms with Crippen LogP contribution in [0.25, 0.3) is 0 Å². The van der Waals surface area contributed by atoms with E-state index in [1.54, 1.807) is 17.8 Å². The molecule has 2 rings (SSSR count). The van der Waals surface area contributed by atoms with Crippen LogP contribution >= 0.6 is 0 Å². The maximum absolute atomic E-state index is 10.4. The molecule has 0 saturated carbocycles. The second-order valence-electron chi connectivity index (χ2n) is 5.45. The van der Waals surface area contributed by atoms with Crippen molar-refractivity contribution in [3.63, 3.8) is 0 Å².